The number of nitrogens with zero attached hydrogens (tertiary/aromatic N) is 2. The average Bonchev–Trinajstić information content (AvgIpc) is 3.06. The number of halogens is 1. The van der Waals surface area contributed by atoms with Crippen molar-refractivity contribution in [1.82, 2.24) is 9.55 Å². The van der Waals surface area contributed by atoms with Gasteiger partial charge in [-0.25, -0.2) is 9.37 Å². The second-order valence-electron chi connectivity index (χ2n) is 4.81. The molecule has 3 aromatic rings. The molecule has 2 aromatic carbocycles. The van der Waals surface area contributed by atoms with Gasteiger partial charge in [-0.3, -0.25) is 9.36 Å². The highest BCUT2D eigenvalue weighted by Crippen LogP contribution is 2.17. The van der Waals surface area contributed by atoms with Crippen LogP contribution in [0.4, 0.5) is 10.1 Å². The Labute approximate surface area is 132 Å². The number of hydrogen-bond acceptors (Lipinski definition) is 3. The van der Waals surface area contributed by atoms with Crippen LogP contribution in [0.15, 0.2) is 61.1 Å². The molecule has 3 rings (SSSR count). The van der Waals surface area contributed by atoms with Gasteiger partial charge in [0.15, 0.2) is 0 Å². The highest BCUT2D eigenvalue weighted by molar-refractivity contribution is 6.03. The Hall–Kier alpha value is -3.15. The van der Waals surface area contributed by atoms with E-state index in [0.717, 1.165) is 0 Å². The van der Waals surface area contributed by atoms with Crippen LogP contribution in [0, 0.1) is 5.82 Å². The van der Waals surface area contributed by atoms with E-state index in [0.29, 0.717) is 22.8 Å². The molecule has 1 N–H and O–H groups in total. The maximum absolute atomic E-state index is 13.0. The second-order valence-corrected chi connectivity index (χ2v) is 4.81. The van der Waals surface area contributed by atoms with E-state index in [9.17, 15) is 9.18 Å². The van der Waals surface area contributed by atoms with Crippen molar-refractivity contribution in [3.05, 3.63) is 72.6 Å². The molecule has 1 heterocycles. The van der Waals surface area contributed by atoms with E-state index in [4.69, 9.17) is 4.74 Å². The lowest BCUT2D eigenvalue weighted by Crippen LogP contribution is -2.16. The quantitative estimate of drug-likeness (QED) is 0.804. The number of nitrogens with one attached hydrogen (secondary N) is 1. The highest BCUT2D eigenvalue weighted by atomic mass is 19.1. The van der Waals surface area contributed by atoms with Crippen LogP contribution in [0.25, 0.3) is 5.69 Å². The molecule has 0 aliphatic heterocycles. The third-order valence-corrected chi connectivity index (χ3v) is 3.32. The summed E-state index contributed by atoms with van der Waals surface area (Å²) < 4.78 is 19.7. The molecule has 0 unspecified atom stereocenters. The number of anilines is 1. The Kier molecular flexibility index (Phi) is 4.05. The molecule has 1 aromatic heterocycles. The number of imidazole rings is 1. The number of methoxy groups -OCH3 is 1. The second kappa shape index (κ2) is 6.31. The van der Waals surface area contributed by atoms with Gasteiger partial charge in [-0.1, -0.05) is 0 Å². The number of benzene rings is 2. The van der Waals surface area contributed by atoms with Crippen LogP contribution >= 0.6 is 0 Å². The van der Waals surface area contributed by atoms with Gasteiger partial charge in [0.2, 0.25) is 0 Å². The van der Waals surface area contributed by atoms with Gasteiger partial charge in [0, 0.05) is 11.4 Å². The van der Waals surface area contributed by atoms with E-state index in [1.54, 1.807) is 48.1 Å². The summed E-state index contributed by atoms with van der Waals surface area (Å²) in [7, 11) is 1.58. The van der Waals surface area contributed by atoms with Crippen LogP contribution in [0.3, 0.4) is 0 Å². The molecule has 0 spiro atoms. The zero-order valence-electron chi connectivity index (χ0n) is 12.4. The number of amides is 1. The number of ether oxygens (including phenoxy) is 1. The monoisotopic (exact) mass is 311 g/mol. The number of carbonyl (C=O) groups excluding carboxylic acids is 1. The smallest absolute Gasteiger partial charge is 0.274 e. The molecule has 0 radical (unpaired) electrons. The number of hydrogen-bond donors (Lipinski definition) is 1. The molecule has 6 heteroatoms. The summed E-state index contributed by atoms with van der Waals surface area (Å²) in [5, 5.41) is 2.79. The van der Waals surface area contributed by atoms with Gasteiger partial charge in [0.1, 0.15) is 17.3 Å². The van der Waals surface area contributed by atoms with Crippen molar-refractivity contribution >= 4 is 11.6 Å². The fourth-order valence-corrected chi connectivity index (χ4v) is 2.14. The number of rotatable bonds is 4. The Balaban J connectivity index is 1.82. The summed E-state index contributed by atoms with van der Waals surface area (Å²) in [4.78, 5) is 16.4. The van der Waals surface area contributed by atoms with Crippen LogP contribution in [0.5, 0.6) is 5.75 Å². The zero-order valence-corrected chi connectivity index (χ0v) is 12.4. The highest BCUT2D eigenvalue weighted by Gasteiger charge is 2.13. The molecular formula is C17H14FN3O2. The van der Waals surface area contributed by atoms with Gasteiger partial charge in [0.25, 0.3) is 5.91 Å². The molecule has 1 amide bonds. The standard InChI is InChI=1S/C17H14FN3O2/c1-23-15-8-4-13(5-9-15)20-17(22)16-10-19-11-21(16)14-6-2-12(18)3-7-14/h2-11H,1H3,(H,20,22). The molecule has 0 atom stereocenters. The molecule has 0 fully saturated rings. The number of carbonyl (C=O) groups is 1. The van der Waals surface area contributed by atoms with E-state index < -0.39 is 0 Å². The molecule has 0 aliphatic carbocycles. The molecule has 116 valence electrons. The van der Waals surface area contributed by atoms with Gasteiger partial charge >= 0.3 is 0 Å². The summed E-state index contributed by atoms with van der Waals surface area (Å²) in [6.07, 6.45) is 2.97. The van der Waals surface area contributed by atoms with Gasteiger partial charge in [0.05, 0.1) is 19.6 Å². The van der Waals surface area contributed by atoms with Crippen LogP contribution in [0.2, 0.25) is 0 Å². The summed E-state index contributed by atoms with van der Waals surface area (Å²) in [6.45, 7) is 0. The zero-order chi connectivity index (χ0) is 16.2. The molecular weight excluding hydrogens is 297 g/mol. The molecule has 0 aliphatic rings. The molecule has 0 saturated heterocycles. The largest absolute Gasteiger partial charge is 0.497 e. The molecule has 23 heavy (non-hydrogen) atoms. The number of aromatic nitrogens is 2. The fourth-order valence-electron chi connectivity index (χ4n) is 2.14. The topological polar surface area (TPSA) is 56.1 Å². The molecule has 0 saturated carbocycles. The lowest BCUT2D eigenvalue weighted by Gasteiger charge is -2.09. The summed E-state index contributed by atoms with van der Waals surface area (Å²) >= 11 is 0. The Morgan fingerprint density at radius 3 is 2.48 bits per heavy atom. The van der Waals surface area contributed by atoms with E-state index >= 15 is 0 Å². The summed E-state index contributed by atoms with van der Waals surface area (Å²) in [5.74, 6) is 0.0643. The van der Waals surface area contributed by atoms with Gasteiger partial charge < -0.3 is 10.1 Å². The predicted molar refractivity (Wildman–Crippen MR) is 84.5 cm³/mol. The first-order chi connectivity index (χ1) is 11.2. The average molecular weight is 311 g/mol. The maximum Gasteiger partial charge on any atom is 0.274 e. The lowest BCUT2D eigenvalue weighted by molar-refractivity contribution is 0.102. The van der Waals surface area contributed by atoms with Gasteiger partial charge in [-0.05, 0) is 48.5 Å². The van der Waals surface area contributed by atoms with E-state index in [-0.39, 0.29) is 11.7 Å². The van der Waals surface area contributed by atoms with Gasteiger partial charge in [-0.2, -0.15) is 0 Å². The van der Waals surface area contributed by atoms with Crippen molar-refractivity contribution in [2.45, 2.75) is 0 Å². The van der Waals surface area contributed by atoms with Crippen molar-refractivity contribution in [1.29, 1.82) is 0 Å². The van der Waals surface area contributed by atoms with Crippen molar-refractivity contribution < 1.29 is 13.9 Å². The Morgan fingerprint density at radius 2 is 1.83 bits per heavy atom. The predicted octanol–water partition coefficient (Wildman–Crippen LogP) is 3.27. The maximum atomic E-state index is 13.0. The normalized spacial score (nSPS) is 10.3. The van der Waals surface area contributed by atoms with E-state index in [2.05, 4.69) is 10.3 Å². The van der Waals surface area contributed by atoms with Crippen LogP contribution in [-0.2, 0) is 0 Å². The minimum atomic E-state index is -0.335. The first-order valence-electron chi connectivity index (χ1n) is 6.91. The molecule has 0 bridgehead atoms. The van der Waals surface area contributed by atoms with Crippen molar-refractivity contribution in [2.75, 3.05) is 12.4 Å². The lowest BCUT2D eigenvalue weighted by atomic mass is 10.2. The van der Waals surface area contributed by atoms with Crippen LogP contribution in [-0.4, -0.2) is 22.6 Å². The third-order valence-electron chi connectivity index (χ3n) is 3.32. The SMILES string of the molecule is COc1ccc(NC(=O)c2cncn2-c2ccc(F)cc2)cc1. The van der Waals surface area contributed by atoms with Crippen molar-refractivity contribution in [2.24, 2.45) is 0 Å². The van der Waals surface area contributed by atoms with Crippen molar-refractivity contribution in [3.8, 4) is 11.4 Å². The van der Waals surface area contributed by atoms with Crippen LogP contribution in [0.1, 0.15) is 10.5 Å². The van der Waals surface area contributed by atoms with Crippen LogP contribution < -0.4 is 10.1 Å². The Bertz CT molecular complexity index is 811. The first kappa shape index (κ1) is 14.8. The molecule has 5 nitrogen and oxygen atoms in total. The summed E-state index contributed by atoms with van der Waals surface area (Å²) in [5.41, 5.74) is 1.65. The third kappa shape index (κ3) is 3.21. The van der Waals surface area contributed by atoms with E-state index in [1.807, 2.05) is 0 Å². The van der Waals surface area contributed by atoms with E-state index in [1.165, 1.54) is 24.7 Å². The fraction of sp³-hybridized carbons (Fsp3) is 0.0588. The summed E-state index contributed by atoms with van der Waals surface area (Å²) in [6, 6.07) is 12.8. The van der Waals surface area contributed by atoms with Gasteiger partial charge in [-0.15, -0.1) is 0 Å². The minimum absolute atomic E-state index is 0.308. The minimum Gasteiger partial charge on any atom is -0.497 e. The van der Waals surface area contributed by atoms with Crippen molar-refractivity contribution in [3.63, 3.8) is 0 Å². The first-order valence-corrected chi connectivity index (χ1v) is 6.91. The Morgan fingerprint density at radius 1 is 1.13 bits per heavy atom.